The van der Waals surface area contributed by atoms with E-state index in [0.29, 0.717) is 6.42 Å². The zero-order chi connectivity index (χ0) is 10.3. The number of carbonyl (C=O) groups is 2. The molecule has 0 aromatic heterocycles. The van der Waals surface area contributed by atoms with Crippen LogP contribution in [0, 0.1) is 0 Å². The van der Waals surface area contributed by atoms with Gasteiger partial charge in [0, 0.05) is 5.57 Å². The summed E-state index contributed by atoms with van der Waals surface area (Å²) in [6, 6.07) is 0. The van der Waals surface area contributed by atoms with E-state index in [4.69, 9.17) is 10.2 Å². The van der Waals surface area contributed by atoms with Gasteiger partial charge in [-0.3, -0.25) is 4.79 Å². The quantitative estimate of drug-likeness (QED) is 0.488. The standard InChI is InChI=1S/C9H14O4/c1-2-3-4-5-7(9(12)13)6-8(10)11/h5H,2-4,6H2,1H3,(H,10,11)(H,12,13)/b7-5-. The highest BCUT2D eigenvalue weighted by Crippen LogP contribution is 2.06. The van der Waals surface area contributed by atoms with Gasteiger partial charge in [0.05, 0.1) is 6.42 Å². The van der Waals surface area contributed by atoms with Crippen molar-refractivity contribution in [2.75, 3.05) is 0 Å². The lowest BCUT2D eigenvalue weighted by atomic mass is 10.1. The molecule has 4 heteroatoms. The predicted molar refractivity (Wildman–Crippen MR) is 47.5 cm³/mol. The van der Waals surface area contributed by atoms with Crippen LogP contribution in [-0.4, -0.2) is 22.2 Å². The van der Waals surface area contributed by atoms with Gasteiger partial charge in [-0.25, -0.2) is 4.79 Å². The van der Waals surface area contributed by atoms with Crippen LogP contribution >= 0.6 is 0 Å². The number of carboxylic acid groups (broad SMARTS) is 2. The maximum atomic E-state index is 10.5. The molecule has 0 amide bonds. The number of rotatable bonds is 6. The van der Waals surface area contributed by atoms with Gasteiger partial charge in [-0.15, -0.1) is 0 Å². The second-order valence-corrected chi connectivity index (χ2v) is 2.75. The number of aliphatic carboxylic acids is 2. The Kier molecular flexibility index (Phi) is 5.59. The van der Waals surface area contributed by atoms with Gasteiger partial charge >= 0.3 is 11.9 Å². The summed E-state index contributed by atoms with van der Waals surface area (Å²) < 4.78 is 0. The van der Waals surface area contributed by atoms with Crippen molar-refractivity contribution >= 4 is 11.9 Å². The fourth-order valence-electron chi connectivity index (χ4n) is 0.878. The van der Waals surface area contributed by atoms with Gasteiger partial charge in [-0.1, -0.05) is 25.8 Å². The van der Waals surface area contributed by atoms with Crippen LogP contribution in [0.1, 0.15) is 32.6 Å². The largest absolute Gasteiger partial charge is 0.481 e. The van der Waals surface area contributed by atoms with Gasteiger partial charge in [0.15, 0.2) is 0 Å². The van der Waals surface area contributed by atoms with Gasteiger partial charge in [-0.2, -0.15) is 0 Å². The molecule has 2 N–H and O–H groups in total. The summed E-state index contributed by atoms with van der Waals surface area (Å²) in [5, 5.41) is 17.0. The van der Waals surface area contributed by atoms with E-state index >= 15 is 0 Å². The van der Waals surface area contributed by atoms with Crippen molar-refractivity contribution in [3.63, 3.8) is 0 Å². The molecule has 0 aliphatic rings. The monoisotopic (exact) mass is 186 g/mol. The van der Waals surface area contributed by atoms with Gasteiger partial charge in [-0.05, 0) is 6.42 Å². The lowest BCUT2D eigenvalue weighted by Gasteiger charge is -1.97. The zero-order valence-electron chi connectivity index (χ0n) is 7.62. The van der Waals surface area contributed by atoms with Crippen LogP contribution in [-0.2, 0) is 9.59 Å². The van der Waals surface area contributed by atoms with Crippen molar-refractivity contribution < 1.29 is 19.8 Å². The Morgan fingerprint density at radius 2 is 1.92 bits per heavy atom. The van der Waals surface area contributed by atoms with E-state index in [1.165, 1.54) is 6.08 Å². The van der Waals surface area contributed by atoms with Gasteiger partial charge < -0.3 is 10.2 Å². The Morgan fingerprint density at radius 1 is 1.31 bits per heavy atom. The van der Waals surface area contributed by atoms with E-state index in [1.807, 2.05) is 6.92 Å². The second-order valence-electron chi connectivity index (χ2n) is 2.75. The first-order valence-electron chi connectivity index (χ1n) is 4.22. The highest BCUT2D eigenvalue weighted by molar-refractivity contribution is 5.91. The summed E-state index contributed by atoms with van der Waals surface area (Å²) in [5.41, 5.74) is -0.0269. The summed E-state index contributed by atoms with van der Waals surface area (Å²) in [7, 11) is 0. The number of carboxylic acids is 2. The summed E-state index contributed by atoms with van der Waals surface area (Å²) >= 11 is 0. The van der Waals surface area contributed by atoms with Crippen LogP contribution in [0.4, 0.5) is 0 Å². The average Bonchev–Trinajstić information content (AvgIpc) is 2.02. The minimum Gasteiger partial charge on any atom is -0.481 e. The molecule has 13 heavy (non-hydrogen) atoms. The molecule has 0 rings (SSSR count). The molecule has 0 saturated carbocycles. The van der Waals surface area contributed by atoms with Gasteiger partial charge in [0.1, 0.15) is 0 Å². The minimum atomic E-state index is -1.14. The first kappa shape index (κ1) is 11.7. The highest BCUT2D eigenvalue weighted by Gasteiger charge is 2.10. The molecule has 4 nitrogen and oxygen atoms in total. The molecule has 0 fully saturated rings. The molecule has 0 aliphatic carbocycles. The van der Waals surface area contributed by atoms with Gasteiger partial charge in [0.2, 0.25) is 0 Å². The van der Waals surface area contributed by atoms with Crippen molar-refractivity contribution in [1.82, 2.24) is 0 Å². The molecule has 0 bridgehead atoms. The molecule has 0 unspecified atom stereocenters. The molecule has 0 radical (unpaired) electrons. The van der Waals surface area contributed by atoms with Crippen LogP contribution in [0.15, 0.2) is 11.6 Å². The smallest absolute Gasteiger partial charge is 0.331 e. The predicted octanol–water partition coefficient (Wildman–Crippen LogP) is 1.66. The molecule has 0 aromatic carbocycles. The summed E-state index contributed by atoms with van der Waals surface area (Å²) in [6.07, 6.45) is 3.57. The molecule has 0 spiro atoms. The first-order chi connectivity index (χ1) is 6.07. The zero-order valence-corrected chi connectivity index (χ0v) is 7.62. The highest BCUT2D eigenvalue weighted by atomic mass is 16.4. The SMILES string of the molecule is CCCC/C=C(/CC(=O)O)C(=O)O. The Hall–Kier alpha value is -1.32. The number of hydrogen-bond acceptors (Lipinski definition) is 2. The molecular formula is C9H14O4. The number of allylic oxidation sites excluding steroid dienone is 1. The first-order valence-corrected chi connectivity index (χ1v) is 4.22. The van der Waals surface area contributed by atoms with Crippen LogP contribution in [0.25, 0.3) is 0 Å². The van der Waals surface area contributed by atoms with Crippen LogP contribution in [0.2, 0.25) is 0 Å². The van der Waals surface area contributed by atoms with E-state index in [0.717, 1.165) is 12.8 Å². The lowest BCUT2D eigenvalue weighted by molar-refractivity contribution is -0.139. The second kappa shape index (κ2) is 6.22. The van der Waals surface area contributed by atoms with Crippen molar-refractivity contribution in [1.29, 1.82) is 0 Å². The fourth-order valence-corrected chi connectivity index (χ4v) is 0.878. The molecule has 0 aliphatic heterocycles. The van der Waals surface area contributed by atoms with E-state index in [9.17, 15) is 9.59 Å². The van der Waals surface area contributed by atoms with E-state index in [-0.39, 0.29) is 5.57 Å². The Balaban J connectivity index is 4.15. The van der Waals surface area contributed by atoms with Crippen molar-refractivity contribution in [3.8, 4) is 0 Å². The maximum Gasteiger partial charge on any atom is 0.331 e. The Morgan fingerprint density at radius 3 is 2.31 bits per heavy atom. The van der Waals surface area contributed by atoms with E-state index in [1.54, 1.807) is 0 Å². The summed E-state index contributed by atoms with van der Waals surface area (Å²) in [4.78, 5) is 20.7. The minimum absolute atomic E-state index is 0.0269. The normalized spacial score (nSPS) is 11.3. The molecule has 0 aromatic rings. The number of hydrogen-bond donors (Lipinski definition) is 2. The molecular weight excluding hydrogens is 172 g/mol. The molecule has 74 valence electrons. The van der Waals surface area contributed by atoms with Crippen LogP contribution in [0.5, 0.6) is 0 Å². The lowest BCUT2D eigenvalue weighted by Crippen LogP contribution is -2.06. The third-order valence-electron chi connectivity index (χ3n) is 1.56. The Labute approximate surface area is 76.9 Å². The molecule has 0 heterocycles. The topological polar surface area (TPSA) is 74.6 Å². The van der Waals surface area contributed by atoms with Gasteiger partial charge in [0.25, 0.3) is 0 Å². The van der Waals surface area contributed by atoms with Crippen LogP contribution < -0.4 is 0 Å². The van der Waals surface area contributed by atoms with E-state index in [2.05, 4.69) is 0 Å². The maximum absolute atomic E-state index is 10.5. The van der Waals surface area contributed by atoms with E-state index < -0.39 is 18.4 Å². The Bertz CT molecular complexity index is 218. The summed E-state index contributed by atoms with van der Waals surface area (Å²) in [5.74, 6) is -2.25. The third-order valence-corrected chi connectivity index (χ3v) is 1.56. The van der Waals surface area contributed by atoms with Crippen LogP contribution in [0.3, 0.4) is 0 Å². The average molecular weight is 186 g/mol. The molecule has 0 saturated heterocycles. The van der Waals surface area contributed by atoms with Crippen molar-refractivity contribution in [3.05, 3.63) is 11.6 Å². The number of unbranched alkanes of at least 4 members (excludes halogenated alkanes) is 2. The fraction of sp³-hybridized carbons (Fsp3) is 0.556. The summed E-state index contributed by atoms with van der Waals surface area (Å²) in [6.45, 7) is 1.99. The van der Waals surface area contributed by atoms with Crippen molar-refractivity contribution in [2.45, 2.75) is 32.6 Å². The van der Waals surface area contributed by atoms with Crippen molar-refractivity contribution in [2.24, 2.45) is 0 Å². The molecule has 0 atom stereocenters. The third kappa shape index (κ3) is 5.90.